The van der Waals surface area contributed by atoms with Gasteiger partial charge in [-0.1, -0.05) is 0 Å². The Morgan fingerprint density at radius 1 is 1.05 bits per heavy atom. The molecule has 0 spiro atoms. The summed E-state index contributed by atoms with van der Waals surface area (Å²) < 4.78 is 0. The molecule has 0 saturated carbocycles. The average molecular weight is 279 g/mol. The molecule has 0 aromatic heterocycles. The van der Waals surface area contributed by atoms with Crippen LogP contribution in [0.15, 0.2) is 0 Å². The van der Waals surface area contributed by atoms with Crippen LogP contribution in [0.3, 0.4) is 0 Å². The van der Waals surface area contributed by atoms with Gasteiger partial charge in [0.1, 0.15) is 0 Å². The number of hydrogen-bond acceptors (Lipinski definition) is 3. The smallest absolute Gasteiger partial charge is 0.242 e. The molecule has 0 aromatic rings. The molecule has 0 radical (unpaired) electrons. The summed E-state index contributed by atoms with van der Waals surface area (Å²) in [5.41, 5.74) is -0.293. The summed E-state index contributed by atoms with van der Waals surface area (Å²) in [6.07, 6.45) is 8.45. The first-order valence-corrected chi connectivity index (χ1v) is 8.47. The second-order valence-electron chi connectivity index (χ2n) is 6.98. The minimum atomic E-state index is -0.293. The van der Waals surface area contributed by atoms with Crippen molar-refractivity contribution < 1.29 is 4.79 Å². The summed E-state index contributed by atoms with van der Waals surface area (Å²) in [6, 6.07) is 0.730. The van der Waals surface area contributed by atoms with E-state index in [-0.39, 0.29) is 5.54 Å². The SMILES string of the molecule is CC1(C(=O)N2CCC(N3CCCC3)CC2)CCCCN1. The molecule has 3 aliphatic rings. The fourth-order valence-corrected chi connectivity index (χ4v) is 4.13. The van der Waals surface area contributed by atoms with Gasteiger partial charge < -0.3 is 15.1 Å². The van der Waals surface area contributed by atoms with Crippen LogP contribution in [0.4, 0.5) is 0 Å². The van der Waals surface area contributed by atoms with E-state index in [1.165, 1.54) is 51.6 Å². The van der Waals surface area contributed by atoms with Crippen molar-refractivity contribution >= 4 is 5.91 Å². The van der Waals surface area contributed by atoms with Crippen molar-refractivity contribution in [3.05, 3.63) is 0 Å². The molecular weight excluding hydrogens is 250 g/mol. The van der Waals surface area contributed by atoms with Crippen LogP contribution in [0.2, 0.25) is 0 Å². The first-order valence-electron chi connectivity index (χ1n) is 8.47. The highest BCUT2D eigenvalue weighted by molar-refractivity contribution is 5.86. The van der Waals surface area contributed by atoms with E-state index in [0.29, 0.717) is 5.91 Å². The zero-order valence-corrected chi connectivity index (χ0v) is 12.9. The van der Waals surface area contributed by atoms with Crippen molar-refractivity contribution in [2.45, 2.75) is 63.5 Å². The third-order valence-electron chi connectivity index (χ3n) is 5.50. The van der Waals surface area contributed by atoms with Crippen molar-refractivity contribution in [3.8, 4) is 0 Å². The number of nitrogens with one attached hydrogen (secondary N) is 1. The number of rotatable bonds is 2. The van der Waals surface area contributed by atoms with Crippen molar-refractivity contribution in [1.82, 2.24) is 15.1 Å². The van der Waals surface area contributed by atoms with E-state index < -0.39 is 0 Å². The zero-order chi connectivity index (χ0) is 14.0. The monoisotopic (exact) mass is 279 g/mol. The topological polar surface area (TPSA) is 35.6 Å². The van der Waals surface area contributed by atoms with E-state index in [2.05, 4.69) is 22.0 Å². The second kappa shape index (κ2) is 6.02. The highest BCUT2D eigenvalue weighted by atomic mass is 16.2. The lowest BCUT2D eigenvalue weighted by molar-refractivity contribution is -0.140. The molecule has 0 bridgehead atoms. The van der Waals surface area contributed by atoms with Gasteiger partial charge in [-0.3, -0.25) is 4.79 Å². The van der Waals surface area contributed by atoms with Gasteiger partial charge in [-0.25, -0.2) is 0 Å². The highest BCUT2D eigenvalue weighted by Crippen LogP contribution is 2.25. The minimum absolute atomic E-state index is 0.293. The normalized spacial score (nSPS) is 33.5. The van der Waals surface area contributed by atoms with Gasteiger partial charge in [0.15, 0.2) is 0 Å². The summed E-state index contributed by atoms with van der Waals surface area (Å²) in [7, 11) is 0. The first kappa shape index (κ1) is 14.3. The molecule has 1 N–H and O–H groups in total. The van der Waals surface area contributed by atoms with Gasteiger partial charge in [0.2, 0.25) is 5.91 Å². The van der Waals surface area contributed by atoms with Gasteiger partial charge >= 0.3 is 0 Å². The molecule has 1 amide bonds. The molecule has 1 atom stereocenters. The molecule has 114 valence electrons. The molecule has 3 saturated heterocycles. The number of nitrogens with zero attached hydrogens (tertiary/aromatic N) is 2. The lowest BCUT2D eigenvalue weighted by Gasteiger charge is -2.42. The average Bonchev–Trinajstić information content (AvgIpc) is 3.02. The molecule has 4 heteroatoms. The number of likely N-dealkylation sites (tertiary alicyclic amines) is 2. The fraction of sp³-hybridized carbons (Fsp3) is 0.938. The maximum Gasteiger partial charge on any atom is 0.242 e. The molecule has 0 aliphatic carbocycles. The van der Waals surface area contributed by atoms with E-state index in [1.54, 1.807) is 0 Å². The predicted octanol–water partition coefficient (Wildman–Crippen LogP) is 1.61. The third kappa shape index (κ3) is 2.86. The summed E-state index contributed by atoms with van der Waals surface area (Å²) in [5.74, 6) is 0.345. The van der Waals surface area contributed by atoms with Gasteiger partial charge in [-0.2, -0.15) is 0 Å². The minimum Gasteiger partial charge on any atom is -0.341 e. The molecule has 1 unspecified atom stereocenters. The van der Waals surface area contributed by atoms with Crippen LogP contribution in [-0.4, -0.2) is 60.0 Å². The Kier molecular flexibility index (Phi) is 4.32. The summed E-state index contributed by atoms with van der Waals surface area (Å²) >= 11 is 0. The molecule has 0 aromatic carbocycles. The van der Waals surface area contributed by atoms with Crippen LogP contribution in [0, 0.1) is 0 Å². The summed E-state index contributed by atoms with van der Waals surface area (Å²) in [6.45, 7) is 7.55. The Morgan fingerprint density at radius 2 is 1.75 bits per heavy atom. The summed E-state index contributed by atoms with van der Waals surface area (Å²) in [4.78, 5) is 17.5. The van der Waals surface area contributed by atoms with Crippen LogP contribution in [0.1, 0.15) is 51.9 Å². The van der Waals surface area contributed by atoms with Crippen molar-refractivity contribution in [3.63, 3.8) is 0 Å². The molecule has 3 aliphatic heterocycles. The van der Waals surface area contributed by atoms with Crippen LogP contribution in [-0.2, 0) is 4.79 Å². The Balaban J connectivity index is 1.53. The quantitative estimate of drug-likeness (QED) is 0.834. The predicted molar refractivity (Wildman–Crippen MR) is 80.7 cm³/mol. The third-order valence-corrected chi connectivity index (χ3v) is 5.50. The number of amides is 1. The Morgan fingerprint density at radius 3 is 2.35 bits per heavy atom. The standard InChI is InChI=1S/C16H29N3O/c1-16(8-2-3-9-17-16)15(20)19-12-6-14(7-13-19)18-10-4-5-11-18/h14,17H,2-13H2,1H3. The van der Waals surface area contributed by atoms with E-state index >= 15 is 0 Å². The second-order valence-corrected chi connectivity index (χ2v) is 6.98. The lowest BCUT2D eigenvalue weighted by atomic mass is 9.88. The van der Waals surface area contributed by atoms with Gasteiger partial charge in [0, 0.05) is 19.1 Å². The Hall–Kier alpha value is -0.610. The molecule has 3 fully saturated rings. The van der Waals surface area contributed by atoms with Crippen LogP contribution in [0.25, 0.3) is 0 Å². The van der Waals surface area contributed by atoms with Gasteiger partial charge in [-0.05, 0) is 71.5 Å². The number of carbonyl (C=O) groups is 1. The largest absolute Gasteiger partial charge is 0.341 e. The van der Waals surface area contributed by atoms with Crippen molar-refractivity contribution in [2.75, 3.05) is 32.7 Å². The number of piperidine rings is 2. The van der Waals surface area contributed by atoms with Gasteiger partial charge in [0.25, 0.3) is 0 Å². The molecular formula is C16H29N3O. The van der Waals surface area contributed by atoms with Crippen molar-refractivity contribution in [2.24, 2.45) is 0 Å². The van der Waals surface area contributed by atoms with E-state index in [4.69, 9.17) is 0 Å². The number of hydrogen-bond donors (Lipinski definition) is 1. The van der Waals surface area contributed by atoms with E-state index in [0.717, 1.165) is 32.1 Å². The van der Waals surface area contributed by atoms with Gasteiger partial charge in [-0.15, -0.1) is 0 Å². The first-order chi connectivity index (χ1) is 9.69. The maximum atomic E-state index is 12.8. The number of carbonyl (C=O) groups excluding carboxylic acids is 1. The molecule has 3 heterocycles. The molecule has 3 rings (SSSR count). The maximum absolute atomic E-state index is 12.8. The van der Waals surface area contributed by atoms with Crippen LogP contribution >= 0.6 is 0 Å². The Bertz CT molecular complexity index is 338. The molecule has 20 heavy (non-hydrogen) atoms. The summed E-state index contributed by atoms with van der Waals surface area (Å²) in [5, 5.41) is 3.46. The van der Waals surface area contributed by atoms with Gasteiger partial charge in [0.05, 0.1) is 5.54 Å². The Labute approximate surface area is 122 Å². The fourth-order valence-electron chi connectivity index (χ4n) is 4.13. The molecule has 4 nitrogen and oxygen atoms in total. The van der Waals surface area contributed by atoms with Crippen LogP contribution in [0.5, 0.6) is 0 Å². The van der Waals surface area contributed by atoms with E-state index in [9.17, 15) is 4.79 Å². The van der Waals surface area contributed by atoms with E-state index in [1.807, 2.05) is 0 Å². The van der Waals surface area contributed by atoms with Crippen LogP contribution < -0.4 is 5.32 Å². The zero-order valence-electron chi connectivity index (χ0n) is 12.9. The highest BCUT2D eigenvalue weighted by Gasteiger charge is 2.39. The lowest BCUT2D eigenvalue weighted by Crippen LogP contribution is -2.59. The van der Waals surface area contributed by atoms with Crippen molar-refractivity contribution in [1.29, 1.82) is 0 Å².